The molecule has 4 heteroatoms. The van der Waals surface area contributed by atoms with Gasteiger partial charge in [0.2, 0.25) is 5.91 Å². The van der Waals surface area contributed by atoms with Gasteiger partial charge in [-0.25, -0.2) is 0 Å². The Labute approximate surface area is 134 Å². The van der Waals surface area contributed by atoms with E-state index in [1.165, 1.54) is 64.7 Å². The summed E-state index contributed by atoms with van der Waals surface area (Å²) in [5, 5.41) is 6.89. The minimum atomic E-state index is 0.288. The number of carbonyl (C=O) groups is 1. The van der Waals surface area contributed by atoms with Crippen LogP contribution in [0.5, 0.6) is 0 Å². The Kier molecular flexibility index (Phi) is 4.16. The highest BCUT2D eigenvalue weighted by molar-refractivity contribution is 5.79. The molecule has 2 bridgehead atoms. The number of rotatable bonds is 2. The molecule has 4 heterocycles. The number of amides is 1. The van der Waals surface area contributed by atoms with E-state index >= 15 is 0 Å². The highest BCUT2D eigenvalue weighted by atomic mass is 16.2. The molecule has 0 radical (unpaired) electrons. The molecule has 1 aliphatic carbocycles. The summed E-state index contributed by atoms with van der Waals surface area (Å²) in [5.41, 5.74) is 0.567. The average molecular weight is 305 g/mol. The zero-order valence-corrected chi connectivity index (χ0v) is 13.8. The fourth-order valence-electron chi connectivity index (χ4n) is 5.38. The molecule has 1 spiro atoms. The Bertz CT molecular complexity index is 401. The quantitative estimate of drug-likeness (QED) is 0.817. The summed E-state index contributed by atoms with van der Waals surface area (Å²) in [7, 11) is 0. The normalized spacial score (nSPS) is 38.1. The fourth-order valence-corrected chi connectivity index (χ4v) is 5.38. The van der Waals surface area contributed by atoms with Gasteiger partial charge in [0.25, 0.3) is 0 Å². The van der Waals surface area contributed by atoms with Crippen LogP contribution in [-0.4, -0.2) is 49.6 Å². The third-order valence-electron chi connectivity index (χ3n) is 7.07. The smallest absolute Gasteiger partial charge is 0.223 e. The summed E-state index contributed by atoms with van der Waals surface area (Å²) in [6.45, 7) is 5.94. The Balaban J connectivity index is 1.29. The van der Waals surface area contributed by atoms with Crippen LogP contribution in [0, 0.1) is 17.3 Å². The summed E-state index contributed by atoms with van der Waals surface area (Å²) < 4.78 is 0. The Hall–Kier alpha value is -0.610. The molecule has 4 nitrogen and oxygen atoms in total. The third kappa shape index (κ3) is 2.92. The first kappa shape index (κ1) is 14.9. The van der Waals surface area contributed by atoms with Gasteiger partial charge in [0.15, 0.2) is 0 Å². The maximum Gasteiger partial charge on any atom is 0.223 e. The number of fused-ring (bicyclic) bond motifs is 3. The van der Waals surface area contributed by atoms with E-state index in [0.717, 1.165) is 25.3 Å². The maximum atomic E-state index is 12.7. The van der Waals surface area contributed by atoms with Gasteiger partial charge < -0.3 is 15.5 Å². The Morgan fingerprint density at radius 1 is 1.00 bits per heavy atom. The van der Waals surface area contributed by atoms with Gasteiger partial charge in [-0.2, -0.15) is 0 Å². The van der Waals surface area contributed by atoms with E-state index in [2.05, 4.69) is 15.5 Å². The molecule has 1 atom stereocenters. The fraction of sp³-hybridized carbons (Fsp3) is 0.944. The van der Waals surface area contributed by atoms with Gasteiger partial charge >= 0.3 is 0 Å². The van der Waals surface area contributed by atoms with Gasteiger partial charge in [-0.05, 0) is 88.9 Å². The summed E-state index contributed by atoms with van der Waals surface area (Å²) in [6.07, 6.45) is 9.99. The molecule has 1 saturated carbocycles. The Morgan fingerprint density at radius 3 is 2.27 bits per heavy atom. The molecule has 5 aliphatic rings. The van der Waals surface area contributed by atoms with Crippen molar-refractivity contribution < 1.29 is 4.79 Å². The van der Waals surface area contributed by atoms with Crippen LogP contribution in [0.1, 0.15) is 51.4 Å². The highest BCUT2D eigenvalue weighted by Gasteiger charge is 2.40. The summed E-state index contributed by atoms with van der Waals surface area (Å²) in [4.78, 5) is 15.2. The van der Waals surface area contributed by atoms with Crippen molar-refractivity contribution in [3.8, 4) is 0 Å². The van der Waals surface area contributed by atoms with Gasteiger partial charge in [-0.3, -0.25) is 4.79 Å². The van der Waals surface area contributed by atoms with E-state index < -0.39 is 0 Å². The van der Waals surface area contributed by atoms with Crippen LogP contribution in [-0.2, 0) is 4.79 Å². The maximum absolute atomic E-state index is 12.7. The van der Waals surface area contributed by atoms with Crippen molar-refractivity contribution >= 4 is 5.91 Å². The first-order valence-electron chi connectivity index (χ1n) is 9.48. The molecular weight excluding hydrogens is 274 g/mol. The molecule has 124 valence electrons. The number of hydrogen-bond donors (Lipinski definition) is 2. The number of hydrogen-bond acceptors (Lipinski definition) is 3. The van der Waals surface area contributed by atoms with Crippen molar-refractivity contribution in [2.45, 2.75) is 57.4 Å². The number of nitrogens with one attached hydrogen (secondary N) is 2. The molecule has 5 fully saturated rings. The zero-order chi connectivity index (χ0) is 15.0. The number of carbonyl (C=O) groups excluding carboxylic acids is 1. The van der Waals surface area contributed by atoms with Crippen LogP contribution in [0.25, 0.3) is 0 Å². The van der Waals surface area contributed by atoms with Crippen molar-refractivity contribution in [1.29, 1.82) is 0 Å². The van der Waals surface area contributed by atoms with E-state index in [1.807, 2.05) is 0 Å². The minimum absolute atomic E-state index is 0.288. The standard InChI is InChI=1S/C18H31N3O/c22-17(20-16-13-21-11-3-14(16)4-12-21)15-1-5-18(6-2-15)7-9-19-10-8-18/h14-16,19H,1-13H2,(H,20,22)/t16-/m1/s1. The number of nitrogens with zero attached hydrogens (tertiary/aromatic N) is 1. The molecular formula is C18H31N3O. The molecule has 1 amide bonds. The zero-order valence-electron chi connectivity index (χ0n) is 13.8. The third-order valence-corrected chi connectivity index (χ3v) is 7.07. The molecule has 2 N–H and O–H groups in total. The predicted octanol–water partition coefficient (Wildman–Crippen LogP) is 1.76. The first-order chi connectivity index (χ1) is 10.7. The lowest BCUT2D eigenvalue weighted by atomic mass is 9.65. The van der Waals surface area contributed by atoms with Crippen LogP contribution in [0.2, 0.25) is 0 Å². The highest BCUT2D eigenvalue weighted by Crippen LogP contribution is 2.45. The predicted molar refractivity (Wildman–Crippen MR) is 87.6 cm³/mol. The summed E-state index contributed by atoms with van der Waals surface area (Å²) >= 11 is 0. The molecule has 5 rings (SSSR count). The van der Waals surface area contributed by atoms with E-state index in [0.29, 0.717) is 17.4 Å². The summed E-state index contributed by atoms with van der Waals surface area (Å²) in [5.74, 6) is 1.40. The largest absolute Gasteiger partial charge is 0.352 e. The van der Waals surface area contributed by atoms with Gasteiger partial charge in [-0.15, -0.1) is 0 Å². The van der Waals surface area contributed by atoms with Crippen molar-refractivity contribution in [2.75, 3.05) is 32.7 Å². The number of piperidine rings is 4. The lowest BCUT2D eigenvalue weighted by molar-refractivity contribution is -0.129. The van der Waals surface area contributed by atoms with E-state index in [9.17, 15) is 4.79 Å². The van der Waals surface area contributed by atoms with Crippen LogP contribution < -0.4 is 10.6 Å². The van der Waals surface area contributed by atoms with E-state index in [4.69, 9.17) is 0 Å². The summed E-state index contributed by atoms with van der Waals surface area (Å²) in [6, 6.07) is 0.435. The van der Waals surface area contributed by atoms with Crippen LogP contribution >= 0.6 is 0 Å². The second kappa shape index (κ2) is 6.12. The Morgan fingerprint density at radius 2 is 1.68 bits per heavy atom. The SMILES string of the molecule is O=C(N[C@@H]1CN2CCC1CC2)C1CCC2(CCNCC2)CC1. The molecule has 0 aromatic heterocycles. The van der Waals surface area contributed by atoms with Gasteiger partial charge in [0.1, 0.15) is 0 Å². The van der Waals surface area contributed by atoms with Crippen molar-refractivity contribution in [3.63, 3.8) is 0 Å². The second-order valence-corrected chi connectivity index (χ2v) is 8.28. The lowest BCUT2D eigenvalue weighted by Crippen LogP contribution is -2.58. The van der Waals surface area contributed by atoms with Gasteiger partial charge in [0.05, 0.1) is 0 Å². The van der Waals surface area contributed by atoms with E-state index in [-0.39, 0.29) is 5.92 Å². The second-order valence-electron chi connectivity index (χ2n) is 8.28. The van der Waals surface area contributed by atoms with Gasteiger partial charge in [-0.1, -0.05) is 0 Å². The van der Waals surface area contributed by atoms with Crippen molar-refractivity contribution in [2.24, 2.45) is 17.3 Å². The van der Waals surface area contributed by atoms with Crippen LogP contribution in [0.15, 0.2) is 0 Å². The monoisotopic (exact) mass is 305 g/mol. The molecule has 4 saturated heterocycles. The van der Waals surface area contributed by atoms with Crippen molar-refractivity contribution in [1.82, 2.24) is 15.5 Å². The van der Waals surface area contributed by atoms with Crippen LogP contribution in [0.3, 0.4) is 0 Å². The minimum Gasteiger partial charge on any atom is -0.352 e. The first-order valence-corrected chi connectivity index (χ1v) is 9.48. The molecule has 0 unspecified atom stereocenters. The molecule has 0 aromatic carbocycles. The average Bonchev–Trinajstić information content (AvgIpc) is 2.57. The van der Waals surface area contributed by atoms with Crippen LogP contribution in [0.4, 0.5) is 0 Å². The van der Waals surface area contributed by atoms with E-state index in [1.54, 1.807) is 0 Å². The molecule has 22 heavy (non-hydrogen) atoms. The lowest BCUT2D eigenvalue weighted by Gasteiger charge is -2.46. The molecule has 4 aliphatic heterocycles. The van der Waals surface area contributed by atoms with Gasteiger partial charge in [0, 0.05) is 18.5 Å². The molecule has 0 aromatic rings. The topological polar surface area (TPSA) is 44.4 Å². The van der Waals surface area contributed by atoms with Crippen molar-refractivity contribution in [3.05, 3.63) is 0 Å².